The highest BCUT2D eigenvalue weighted by molar-refractivity contribution is 7.13. The smallest absolute Gasteiger partial charge is 0.227 e. The van der Waals surface area contributed by atoms with Crippen LogP contribution in [0.3, 0.4) is 0 Å². The molecule has 1 unspecified atom stereocenters. The molecule has 0 aromatic carbocycles. The lowest BCUT2D eigenvalue weighted by Gasteiger charge is -2.32. The van der Waals surface area contributed by atoms with Crippen LogP contribution in [0, 0.1) is 5.92 Å². The Labute approximate surface area is 139 Å². The van der Waals surface area contributed by atoms with Crippen LogP contribution in [0.2, 0.25) is 0 Å². The molecule has 3 rings (SSSR count). The van der Waals surface area contributed by atoms with Crippen LogP contribution in [-0.2, 0) is 11.2 Å². The van der Waals surface area contributed by atoms with E-state index in [1.54, 1.807) is 11.3 Å². The second-order valence-electron chi connectivity index (χ2n) is 5.89. The molecule has 0 saturated carbocycles. The molecule has 2 aromatic heterocycles. The Hall–Kier alpha value is -1.73. The van der Waals surface area contributed by atoms with Crippen molar-refractivity contribution >= 4 is 17.2 Å². The van der Waals surface area contributed by atoms with E-state index in [1.165, 1.54) is 6.42 Å². The SMILES string of the molecule is CNCC1CCCN(C(=O)CCc2nc(-c3cccs3)no2)C1. The summed E-state index contributed by atoms with van der Waals surface area (Å²) in [6, 6.07) is 3.91. The average Bonchev–Trinajstić information content (AvgIpc) is 3.24. The summed E-state index contributed by atoms with van der Waals surface area (Å²) in [4.78, 5) is 19.7. The number of piperidine rings is 1. The minimum Gasteiger partial charge on any atom is -0.342 e. The van der Waals surface area contributed by atoms with Gasteiger partial charge >= 0.3 is 0 Å². The van der Waals surface area contributed by atoms with Gasteiger partial charge in [0.2, 0.25) is 17.6 Å². The van der Waals surface area contributed by atoms with Crippen LogP contribution >= 0.6 is 11.3 Å². The van der Waals surface area contributed by atoms with Crippen LogP contribution in [0.5, 0.6) is 0 Å². The Morgan fingerprint density at radius 2 is 2.48 bits per heavy atom. The standard InChI is InChI=1S/C16H22N4O2S/c1-17-10-12-4-2-8-20(11-12)15(21)7-6-14-18-16(19-22-14)13-5-3-9-23-13/h3,5,9,12,17H,2,4,6-8,10-11H2,1H3. The summed E-state index contributed by atoms with van der Waals surface area (Å²) in [6.45, 7) is 2.69. The predicted molar refractivity (Wildman–Crippen MR) is 89.2 cm³/mol. The van der Waals surface area contributed by atoms with Crippen LogP contribution in [0.1, 0.15) is 25.2 Å². The van der Waals surface area contributed by atoms with Gasteiger partial charge in [-0.25, -0.2) is 0 Å². The Morgan fingerprint density at radius 1 is 1.57 bits per heavy atom. The first-order valence-electron chi connectivity index (χ1n) is 8.05. The third-order valence-electron chi connectivity index (χ3n) is 4.13. The number of rotatable bonds is 6. The van der Waals surface area contributed by atoms with Gasteiger partial charge in [0.15, 0.2) is 0 Å². The van der Waals surface area contributed by atoms with Gasteiger partial charge < -0.3 is 14.7 Å². The number of likely N-dealkylation sites (tertiary alicyclic amines) is 1. The number of amides is 1. The van der Waals surface area contributed by atoms with Crippen LogP contribution < -0.4 is 5.32 Å². The van der Waals surface area contributed by atoms with Crippen molar-refractivity contribution in [3.05, 3.63) is 23.4 Å². The molecule has 1 N–H and O–H groups in total. The first-order chi connectivity index (χ1) is 11.3. The Bertz CT molecular complexity index is 624. The molecule has 3 heterocycles. The highest BCUT2D eigenvalue weighted by atomic mass is 32.1. The molecule has 1 atom stereocenters. The van der Waals surface area contributed by atoms with Gasteiger partial charge in [0.25, 0.3) is 0 Å². The molecule has 6 nitrogen and oxygen atoms in total. The maximum atomic E-state index is 12.4. The Morgan fingerprint density at radius 3 is 3.26 bits per heavy atom. The second-order valence-corrected chi connectivity index (χ2v) is 6.84. The molecule has 1 fully saturated rings. The third-order valence-corrected chi connectivity index (χ3v) is 4.99. The maximum Gasteiger partial charge on any atom is 0.227 e. The monoisotopic (exact) mass is 334 g/mol. The van der Waals surface area contributed by atoms with E-state index >= 15 is 0 Å². The molecule has 1 aliphatic rings. The number of hydrogen-bond acceptors (Lipinski definition) is 6. The average molecular weight is 334 g/mol. The van der Waals surface area contributed by atoms with Crippen molar-refractivity contribution in [3.63, 3.8) is 0 Å². The van der Waals surface area contributed by atoms with E-state index in [1.807, 2.05) is 29.5 Å². The lowest BCUT2D eigenvalue weighted by Crippen LogP contribution is -2.42. The van der Waals surface area contributed by atoms with Gasteiger partial charge in [-0.3, -0.25) is 4.79 Å². The van der Waals surface area contributed by atoms with E-state index < -0.39 is 0 Å². The molecule has 1 amide bonds. The highest BCUT2D eigenvalue weighted by Crippen LogP contribution is 2.22. The summed E-state index contributed by atoms with van der Waals surface area (Å²) >= 11 is 1.58. The summed E-state index contributed by atoms with van der Waals surface area (Å²) in [5.41, 5.74) is 0. The van der Waals surface area contributed by atoms with Gasteiger partial charge in [0.05, 0.1) is 4.88 Å². The van der Waals surface area contributed by atoms with Crippen molar-refractivity contribution < 1.29 is 9.32 Å². The van der Waals surface area contributed by atoms with Gasteiger partial charge in [-0.2, -0.15) is 4.98 Å². The Kier molecular flexibility index (Phi) is 5.40. The highest BCUT2D eigenvalue weighted by Gasteiger charge is 2.23. The van der Waals surface area contributed by atoms with Gasteiger partial charge in [-0.05, 0) is 43.8 Å². The van der Waals surface area contributed by atoms with E-state index in [4.69, 9.17) is 4.52 Å². The number of aromatic nitrogens is 2. The minimum atomic E-state index is 0.182. The fourth-order valence-corrected chi connectivity index (χ4v) is 3.63. The minimum absolute atomic E-state index is 0.182. The third kappa shape index (κ3) is 4.17. The van der Waals surface area contributed by atoms with Crippen molar-refractivity contribution in [3.8, 4) is 10.7 Å². The zero-order chi connectivity index (χ0) is 16.1. The zero-order valence-corrected chi connectivity index (χ0v) is 14.1. The summed E-state index contributed by atoms with van der Waals surface area (Å²) in [7, 11) is 1.96. The zero-order valence-electron chi connectivity index (χ0n) is 13.3. The molecular weight excluding hydrogens is 312 g/mol. The number of hydrogen-bond donors (Lipinski definition) is 1. The van der Waals surface area contributed by atoms with E-state index in [2.05, 4.69) is 15.5 Å². The number of nitrogens with one attached hydrogen (secondary N) is 1. The normalized spacial score (nSPS) is 18.3. The van der Waals surface area contributed by atoms with Crippen LogP contribution in [-0.4, -0.2) is 47.6 Å². The quantitative estimate of drug-likeness (QED) is 0.877. The van der Waals surface area contributed by atoms with Crippen molar-refractivity contribution in [2.24, 2.45) is 5.92 Å². The van der Waals surface area contributed by atoms with E-state index in [-0.39, 0.29) is 5.91 Å². The molecule has 1 aliphatic heterocycles. The number of carbonyl (C=O) groups is 1. The van der Waals surface area contributed by atoms with Crippen LogP contribution in [0.15, 0.2) is 22.0 Å². The summed E-state index contributed by atoms with van der Waals surface area (Å²) in [5.74, 6) is 1.88. The molecule has 0 aliphatic carbocycles. The molecule has 0 bridgehead atoms. The van der Waals surface area contributed by atoms with Crippen molar-refractivity contribution in [2.75, 3.05) is 26.7 Å². The number of carbonyl (C=O) groups excluding carboxylic acids is 1. The number of aryl methyl sites for hydroxylation is 1. The van der Waals surface area contributed by atoms with Crippen LogP contribution in [0.25, 0.3) is 10.7 Å². The first-order valence-corrected chi connectivity index (χ1v) is 8.93. The molecule has 0 spiro atoms. The van der Waals surface area contributed by atoms with Gasteiger partial charge in [0, 0.05) is 25.9 Å². The molecule has 2 aromatic rings. The van der Waals surface area contributed by atoms with Gasteiger partial charge in [-0.1, -0.05) is 11.2 Å². The molecule has 7 heteroatoms. The van der Waals surface area contributed by atoms with E-state index in [9.17, 15) is 4.79 Å². The Balaban J connectivity index is 1.51. The lowest BCUT2D eigenvalue weighted by molar-refractivity contribution is -0.133. The fraction of sp³-hybridized carbons (Fsp3) is 0.562. The van der Waals surface area contributed by atoms with Crippen molar-refractivity contribution in [1.82, 2.24) is 20.4 Å². The van der Waals surface area contributed by atoms with Crippen molar-refractivity contribution in [1.29, 1.82) is 0 Å². The topological polar surface area (TPSA) is 71.3 Å². The summed E-state index contributed by atoms with van der Waals surface area (Å²) in [5, 5.41) is 9.16. The van der Waals surface area contributed by atoms with Gasteiger partial charge in [-0.15, -0.1) is 11.3 Å². The number of thiophene rings is 1. The predicted octanol–water partition coefficient (Wildman–Crippen LogP) is 2.19. The first kappa shape index (κ1) is 16.1. The molecule has 1 saturated heterocycles. The molecule has 124 valence electrons. The summed E-state index contributed by atoms with van der Waals surface area (Å²) < 4.78 is 5.25. The second kappa shape index (κ2) is 7.70. The lowest BCUT2D eigenvalue weighted by atomic mass is 9.97. The molecule has 23 heavy (non-hydrogen) atoms. The maximum absolute atomic E-state index is 12.4. The van der Waals surface area contributed by atoms with Gasteiger partial charge in [0.1, 0.15) is 0 Å². The fourth-order valence-electron chi connectivity index (χ4n) is 2.98. The van der Waals surface area contributed by atoms with Crippen LogP contribution in [0.4, 0.5) is 0 Å². The molecule has 0 radical (unpaired) electrons. The molecular formula is C16H22N4O2S. The van der Waals surface area contributed by atoms with E-state index in [0.717, 1.165) is 30.9 Å². The number of nitrogens with zero attached hydrogens (tertiary/aromatic N) is 3. The van der Waals surface area contributed by atoms with E-state index in [0.29, 0.717) is 30.5 Å². The summed E-state index contributed by atoms with van der Waals surface area (Å²) in [6.07, 6.45) is 3.21. The largest absolute Gasteiger partial charge is 0.342 e. The van der Waals surface area contributed by atoms with Crippen molar-refractivity contribution in [2.45, 2.75) is 25.7 Å².